The molecular formula is C11H20O3. The lowest BCUT2D eigenvalue weighted by Gasteiger charge is -2.19. The van der Waals surface area contributed by atoms with Gasteiger partial charge in [0.2, 0.25) is 0 Å². The molecule has 0 aliphatic rings. The highest BCUT2D eigenvalue weighted by molar-refractivity contribution is 5.73. The fourth-order valence-electron chi connectivity index (χ4n) is 1.28. The summed E-state index contributed by atoms with van der Waals surface area (Å²) in [4.78, 5) is 11.4. The van der Waals surface area contributed by atoms with E-state index < -0.39 is 12.0 Å². The number of hydrogen-bond donors (Lipinski definition) is 1. The summed E-state index contributed by atoms with van der Waals surface area (Å²) in [6.07, 6.45) is 2.46. The maximum atomic E-state index is 11.4. The zero-order chi connectivity index (χ0) is 11.1. The van der Waals surface area contributed by atoms with E-state index in [0.717, 1.165) is 5.57 Å². The Morgan fingerprint density at radius 2 is 2.14 bits per heavy atom. The zero-order valence-electron chi connectivity index (χ0n) is 9.41. The van der Waals surface area contributed by atoms with Gasteiger partial charge < -0.3 is 9.84 Å². The first kappa shape index (κ1) is 13.2. The number of carbonyl (C=O) groups excluding carboxylic acids is 1. The van der Waals surface area contributed by atoms with Crippen molar-refractivity contribution in [2.45, 2.75) is 39.7 Å². The number of ether oxygens (including phenoxy) is 1. The van der Waals surface area contributed by atoms with Crippen LogP contribution in [0.2, 0.25) is 0 Å². The second kappa shape index (κ2) is 6.60. The third kappa shape index (κ3) is 3.92. The summed E-state index contributed by atoms with van der Waals surface area (Å²) in [7, 11) is 1.35. The van der Waals surface area contributed by atoms with Crippen molar-refractivity contribution in [3.63, 3.8) is 0 Å². The minimum absolute atomic E-state index is 0.333. The molecule has 0 saturated carbocycles. The van der Waals surface area contributed by atoms with Crippen LogP contribution < -0.4 is 0 Å². The van der Waals surface area contributed by atoms with Crippen LogP contribution >= 0.6 is 0 Å². The molecule has 3 heteroatoms. The van der Waals surface area contributed by atoms with Crippen molar-refractivity contribution in [2.24, 2.45) is 5.92 Å². The molecule has 0 bridgehead atoms. The Morgan fingerprint density at radius 1 is 1.57 bits per heavy atom. The smallest absolute Gasteiger partial charge is 0.311 e. The van der Waals surface area contributed by atoms with E-state index in [-0.39, 0.29) is 5.97 Å². The number of esters is 1. The Kier molecular flexibility index (Phi) is 6.21. The normalized spacial score (nSPS) is 16.2. The van der Waals surface area contributed by atoms with E-state index in [1.807, 2.05) is 26.8 Å². The van der Waals surface area contributed by atoms with Gasteiger partial charge in [-0.1, -0.05) is 18.6 Å². The Bertz CT molecular complexity index is 209. The molecule has 1 N–H and O–H groups in total. The average Bonchev–Trinajstić information content (AvgIpc) is 2.23. The second-order valence-electron chi connectivity index (χ2n) is 3.44. The summed E-state index contributed by atoms with van der Waals surface area (Å²) < 4.78 is 4.65. The first-order chi connectivity index (χ1) is 6.56. The highest BCUT2D eigenvalue weighted by Gasteiger charge is 2.26. The van der Waals surface area contributed by atoms with Crippen LogP contribution in [0.5, 0.6) is 0 Å². The number of carbonyl (C=O) groups is 1. The van der Waals surface area contributed by atoms with Gasteiger partial charge in [0, 0.05) is 0 Å². The first-order valence-corrected chi connectivity index (χ1v) is 4.94. The molecule has 0 aromatic rings. The number of aliphatic hydroxyl groups is 1. The SMILES string of the molecule is C/C=C(\C)CC(C(=O)OC)C(O)CC. The molecule has 0 aromatic heterocycles. The van der Waals surface area contributed by atoms with Gasteiger partial charge in [-0.05, 0) is 26.7 Å². The molecule has 0 aromatic carbocycles. The summed E-state index contributed by atoms with van der Waals surface area (Å²) in [5, 5.41) is 9.64. The van der Waals surface area contributed by atoms with Gasteiger partial charge in [-0.15, -0.1) is 0 Å². The lowest BCUT2D eigenvalue weighted by atomic mass is 9.93. The van der Waals surface area contributed by atoms with Crippen molar-refractivity contribution in [3.05, 3.63) is 11.6 Å². The molecule has 0 amide bonds. The van der Waals surface area contributed by atoms with Crippen LogP contribution in [0.25, 0.3) is 0 Å². The van der Waals surface area contributed by atoms with E-state index in [1.54, 1.807) is 0 Å². The van der Waals surface area contributed by atoms with E-state index >= 15 is 0 Å². The molecule has 82 valence electrons. The number of allylic oxidation sites excluding steroid dienone is 2. The number of rotatable bonds is 5. The van der Waals surface area contributed by atoms with Gasteiger partial charge in [-0.25, -0.2) is 0 Å². The quantitative estimate of drug-likeness (QED) is 0.544. The fraction of sp³-hybridized carbons (Fsp3) is 0.727. The van der Waals surface area contributed by atoms with Crippen molar-refractivity contribution in [2.75, 3.05) is 7.11 Å². The average molecular weight is 200 g/mol. The van der Waals surface area contributed by atoms with Crippen molar-refractivity contribution >= 4 is 5.97 Å². The lowest BCUT2D eigenvalue weighted by Crippen LogP contribution is -2.29. The summed E-state index contributed by atoms with van der Waals surface area (Å²) in [6.45, 7) is 5.71. The highest BCUT2D eigenvalue weighted by Crippen LogP contribution is 2.18. The summed E-state index contributed by atoms with van der Waals surface area (Å²) in [5.74, 6) is -0.762. The van der Waals surface area contributed by atoms with Crippen LogP contribution in [0.15, 0.2) is 11.6 Å². The maximum Gasteiger partial charge on any atom is 0.311 e. The molecule has 0 fully saturated rings. The van der Waals surface area contributed by atoms with Crippen LogP contribution in [-0.4, -0.2) is 24.3 Å². The molecule has 14 heavy (non-hydrogen) atoms. The van der Waals surface area contributed by atoms with Crippen molar-refractivity contribution < 1.29 is 14.6 Å². The van der Waals surface area contributed by atoms with Gasteiger partial charge in [-0.3, -0.25) is 4.79 Å². The van der Waals surface area contributed by atoms with Gasteiger partial charge in [0.25, 0.3) is 0 Å². The molecule has 2 unspecified atom stereocenters. The summed E-state index contributed by atoms with van der Waals surface area (Å²) in [5.41, 5.74) is 1.09. The standard InChI is InChI=1S/C11H20O3/c1-5-8(3)7-9(10(12)6-2)11(13)14-4/h5,9-10,12H,6-7H2,1-4H3/b8-5+. The Labute approximate surface area is 85.8 Å². The molecule has 0 saturated heterocycles. The zero-order valence-corrected chi connectivity index (χ0v) is 9.41. The highest BCUT2D eigenvalue weighted by atomic mass is 16.5. The molecule has 0 radical (unpaired) electrons. The Balaban J connectivity index is 4.47. The van der Waals surface area contributed by atoms with E-state index in [1.165, 1.54) is 7.11 Å². The van der Waals surface area contributed by atoms with Crippen LogP contribution in [0.1, 0.15) is 33.6 Å². The third-order valence-electron chi connectivity index (χ3n) is 2.42. The summed E-state index contributed by atoms with van der Waals surface area (Å²) in [6, 6.07) is 0. The molecule has 0 aliphatic carbocycles. The largest absolute Gasteiger partial charge is 0.469 e. The van der Waals surface area contributed by atoms with Crippen LogP contribution in [0, 0.1) is 5.92 Å². The number of aliphatic hydroxyl groups excluding tert-OH is 1. The molecule has 0 aliphatic heterocycles. The van der Waals surface area contributed by atoms with Gasteiger partial charge in [0.05, 0.1) is 19.1 Å². The number of methoxy groups -OCH3 is 1. The predicted molar refractivity (Wildman–Crippen MR) is 55.9 cm³/mol. The van der Waals surface area contributed by atoms with Crippen molar-refractivity contribution in [1.29, 1.82) is 0 Å². The van der Waals surface area contributed by atoms with E-state index in [4.69, 9.17) is 0 Å². The van der Waals surface area contributed by atoms with Crippen molar-refractivity contribution in [1.82, 2.24) is 0 Å². The minimum atomic E-state index is -0.614. The number of hydrogen-bond acceptors (Lipinski definition) is 3. The first-order valence-electron chi connectivity index (χ1n) is 4.94. The van der Waals surface area contributed by atoms with Crippen molar-refractivity contribution in [3.8, 4) is 0 Å². The van der Waals surface area contributed by atoms with E-state index in [0.29, 0.717) is 12.8 Å². The van der Waals surface area contributed by atoms with Crippen LogP contribution in [-0.2, 0) is 9.53 Å². The molecule has 3 nitrogen and oxygen atoms in total. The minimum Gasteiger partial charge on any atom is -0.469 e. The summed E-state index contributed by atoms with van der Waals surface area (Å²) >= 11 is 0. The van der Waals surface area contributed by atoms with E-state index in [2.05, 4.69) is 4.74 Å². The van der Waals surface area contributed by atoms with Crippen LogP contribution in [0.4, 0.5) is 0 Å². The molecule has 0 rings (SSSR count). The maximum absolute atomic E-state index is 11.4. The molecule has 0 spiro atoms. The molecule has 2 atom stereocenters. The Morgan fingerprint density at radius 3 is 2.50 bits per heavy atom. The monoisotopic (exact) mass is 200 g/mol. The van der Waals surface area contributed by atoms with Gasteiger partial charge >= 0.3 is 5.97 Å². The van der Waals surface area contributed by atoms with Gasteiger partial charge in [0.15, 0.2) is 0 Å². The topological polar surface area (TPSA) is 46.5 Å². The molecular weight excluding hydrogens is 180 g/mol. The third-order valence-corrected chi connectivity index (χ3v) is 2.42. The van der Waals surface area contributed by atoms with Gasteiger partial charge in [-0.2, -0.15) is 0 Å². The lowest BCUT2D eigenvalue weighted by molar-refractivity contribution is -0.149. The van der Waals surface area contributed by atoms with E-state index in [9.17, 15) is 9.90 Å². The Hall–Kier alpha value is -0.830. The predicted octanol–water partition coefficient (Wildman–Crippen LogP) is 1.90. The molecule has 0 heterocycles. The van der Waals surface area contributed by atoms with Gasteiger partial charge in [0.1, 0.15) is 0 Å². The second-order valence-corrected chi connectivity index (χ2v) is 3.44. The fourth-order valence-corrected chi connectivity index (χ4v) is 1.28. The van der Waals surface area contributed by atoms with Crippen LogP contribution in [0.3, 0.4) is 0 Å².